The summed E-state index contributed by atoms with van der Waals surface area (Å²) in [7, 11) is 1.59. The van der Waals surface area contributed by atoms with Gasteiger partial charge in [0, 0.05) is 30.9 Å². The first-order valence-corrected chi connectivity index (χ1v) is 8.71. The molecular weight excluding hydrogens is 340 g/mol. The summed E-state index contributed by atoms with van der Waals surface area (Å²) in [6.07, 6.45) is 3.49. The number of hydrogen-bond acceptors (Lipinski definition) is 5. The second kappa shape index (κ2) is 8.91. The molecule has 1 N–H and O–H groups in total. The van der Waals surface area contributed by atoms with Gasteiger partial charge in [0.2, 0.25) is 5.91 Å². The molecule has 0 radical (unpaired) electrons. The second-order valence-electron chi connectivity index (χ2n) is 6.10. The number of carbonyl (C=O) groups excluding carboxylic acids is 1. The summed E-state index contributed by atoms with van der Waals surface area (Å²) in [6.45, 7) is 2.22. The quantitative estimate of drug-likeness (QED) is 0.683. The van der Waals surface area contributed by atoms with E-state index in [1.165, 1.54) is 0 Å². The topological polar surface area (TPSA) is 67.3 Å². The minimum Gasteiger partial charge on any atom is -0.384 e. The van der Waals surface area contributed by atoms with Gasteiger partial charge in [-0.05, 0) is 48.5 Å². The molecule has 1 atom stereocenters. The van der Waals surface area contributed by atoms with Crippen molar-refractivity contribution in [1.29, 1.82) is 0 Å². The Kier molecular flexibility index (Phi) is 6.12. The van der Waals surface area contributed by atoms with Gasteiger partial charge in [-0.25, -0.2) is 9.97 Å². The van der Waals surface area contributed by atoms with Gasteiger partial charge in [-0.3, -0.25) is 9.69 Å². The fourth-order valence-corrected chi connectivity index (χ4v) is 2.64. The first-order valence-electron chi connectivity index (χ1n) is 8.71. The first-order chi connectivity index (χ1) is 13.2. The molecule has 3 aromatic rings. The molecule has 0 aliphatic heterocycles. The number of nitrogens with one attached hydrogen (secondary N) is 1. The van der Waals surface area contributed by atoms with Crippen LogP contribution >= 0.6 is 0 Å². The van der Waals surface area contributed by atoms with Gasteiger partial charge in [0.05, 0.1) is 12.5 Å². The zero-order chi connectivity index (χ0) is 19.1. The van der Waals surface area contributed by atoms with Crippen molar-refractivity contribution in [2.45, 2.75) is 6.92 Å². The SMILES string of the molecule is COCC(C)C(=O)Nc1ccc(N(c2ccccn2)c2ccccn2)cc1. The van der Waals surface area contributed by atoms with E-state index in [4.69, 9.17) is 4.74 Å². The number of anilines is 4. The number of aromatic nitrogens is 2. The molecule has 2 heterocycles. The summed E-state index contributed by atoms with van der Waals surface area (Å²) in [6, 6.07) is 19.1. The Hall–Kier alpha value is -3.25. The van der Waals surface area contributed by atoms with Crippen LogP contribution < -0.4 is 10.2 Å². The maximum atomic E-state index is 12.1. The van der Waals surface area contributed by atoms with Crippen LogP contribution in [0.3, 0.4) is 0 Å². The standard InChI is InChI=1S/C21H22N4O2/c1-16(15-27-2)21(26)24-17-9-11-18(12-10-17)25(19-7-3-5-13-22-19)20-8-4-6-14-23-20/h3-14,16H,15H2,1-2H3,(H,24,26). The van der Waals surface area contributed by atoms with Crippen molar-refractivity contribution in [2.24, 2.45) is 5.92 Å². The van der Waals surface area contributed by atoms with Crippen LogP contribution in [0.15, 0.2) is 73.1 Å². The zero-order valence-electron chi connectivity index (χ0n) is 15.4. The van der Waals surface area contributed by atoms with Crippen LogP contribution in [0, 0.1) is 5.92 Å². The van der Waals surface area contributed by atoms with E-state index in [1.54, 1.807) is 19.5 Å². The third-order valence-electron chi connectivity index (χ3n) is 4.01. The minimum absolute atomic E-state index is 0.0732. The Labute approximate surface area is 158 Å². The minimum atomic E-state index is -0.215. The Bertz CT molecular complexity index is 815. The summed E-state index contributed by atoms with van der Waals surface area (Å²) in [5, 5.41) is 2.90. The molecule has 3 rings (SSSR count). The highest BCUT2D eigenvalue weighted by molar-refractivity contribution is 5.92. The van der Waals surface area contributed by atoms with Crippen LogP contribution in [0.1, 0.15) is 6.92 Å². The maximum Gasteiger partial charge on any atom is 0.229 e. The van der Waals surface area contributed by atoms with Gasteiger partial charge in [0.1, 0.15) is 11.6 Å². The lowest BCUT2D eigenvalue weighted by molar-refractivity contribution is -0.120. The molecule has 0 aliphatic rings. The first kappa shape index (κ1) is 18.5. The Balaban J connectivity index is 1.85. The molecule has 6 nitrogen and oxygen atoms in total. The highest BCUT2D eigenvalue weighted by Gasteiger charge is 2.15. The average Bonchev–Trinajstić information content (AvgIpc) is 2.71. The van der Waals surface area contributed by atoms with Gasteiger partial charge in [0.15, 0.2) is 0 Å². The molecule has 0 fully saturated rings. The van der Waals surface area contributed by atoms with Gasteiger partial charge in [0.25, 0.3) is 0 Å². The lowest BCUT2D eigenvalue weighted by Gasteiger charge is -2.23. The number of benzene rings is 1. The molecule has 0 saturated heterocycles. The summed E-state index contributed by atoms with van der Waals surface area (Å²) >= 11 is 0. The van der Waals surface area contributed by atoms with Gasteiger partial charge in [-0.15, -0.1) is 0 Å². The molecule has 1 unspecified atom stereocenters. The Morgan fingerprint density at radius 2 is 1.59 bits per heavy atom. The lowest BCUT2D eigenvalue weighted by Crippen LogP contribution is -2.23. The van der Waals surface area contributed by atoms with Crippen LogP contribution in [-0.4, -0.2) is 29.6 Å². The molecule has 6 heteroatoms. The molecule has 0 saturated carbocycles. The van der Waals surface area contributed by atoms with Crippen molar-refractivity contribution < 1.29 is 9.53 Å². The number of ether oxygens (including phenoxy) is 1. The number of nitrogens with zero attached hydrogens (tertiary/aromatic N) is 3. The van der Waals surface area contributed by atoms with E-state index < -0.39 is 0 Å². The summed E-state index contributed by atoms with van der Waals surface area (Å²) in [5.41, 5.74) is 1.63. The van der Waals surface area contributed by atoms with E-state index in [0.29, 0.717) is 6.61 Å². The van der Waals surface area contributed by atoms with Crippen LogP contribution in [0.2, 0.25) is 0 Å². The van der Waals surface area contributed by atoms with Gasteiger partial charge >= 0.3 is 0 Å². The fraction of sp³-hybridized carbons (Fsp3) is 0.190. The molecule has 1 aromatic carbocycles. The number of carbonyl (C=O) groups is 1. The van der Waals surface area contributed by atoms with Gasteiger partial charge < -0.3 is 10.1 Å². The summed E-state index contributed by atoms with van der Waals surface area (Å²) in [5.74, 6) is 1.24. The molecule has 0 bridgehead atoms. The van der Waals surface area contributed by atoms with Crippen LogP contribution in [0.4, 0.5) is 23.0 Å². The molecule has 27 heavy (non-hydrogen) atoms. The fourth-order valence-electron chi connectivity index (χ4n) is 2.64. The largest absolute Gasteiger partial charge is 0.384 e. The lowest BCUT2D eigenvalue weighted by atomic mass is 10.1. The number of rotatable bonds is 7. The molecule has 2 aromatic heterocycles. The predicted octanol–water partition coefficient (Wildman–Crippen LogP) is 4.17. The third kappa shape index (κ3) is 4.68. The number of pyridine rings is 2. The summed E-state index contributed by atoms with van der Waals surface area (Å²) in [4.78, 5) is 23.0. The van der Waals surface area contributed by atoms with Crippen molar-refractivity contribution in [2.75, 3.05) is 23.9 Å². The molecule has 138 valence electrons. The monoisotopic (exact) mass is 362 g/mol. The van der Waals surface area contributed by atoms with Crippen molar-refractivity contribution in [3.05, 3.63) is 73.1 Å². The number of methoxy groups -OCH3 is 1. The van der Waals surface area contributed by atoms with E-state index in [-0.39, 0.29) is 11.8 Å². The Morgan fingerprint density at radius 1 is 1.00 bits per heavy atom. The highest BCUT2D eigenvalue weighted by Crippen LogP contribution is 2.31. The zero-order valence-corrected chi connectivity index (χ0v) is 15.4. The van der Waals surface area contributed by atoms with Crippen molar-refractivity contribution in [3.8, 4) is 0 Å². The maximum absolute atomic E-state index is 12.1. The normalized spacial score (nSPS) is 11.6. The highest BCUT2D eigenvalue weighted by atomic mass is 16.5. The van der Waals surface area contributed by atoms with E-state index >= 15 is 0 Å². The Morgan fingerprint density at radius 3 is 2.07 bits per heavy atom. The van der Waals surface area contributed by atoms with Crippen molar-refractivity contribution in [1.82, 2.24) is 9.97 Å². The number of hydrogen-bond donors (Lipinski definition) is 1. The van der Waals surface area contributed by atoms with Crippen molar-refractivity contribution in [3.63, 3.8) is 0 Å². The third-order valence-corrected chi connectivity index (χ3v) is 4.01. The predicted molar refractivity (Wildman–Crippen MR) is 106 cm³/mol. The molecule has 0 aliphatic carbocycles. The second-order valence-corrected chi connectivity index (χ2v) is 6.10. The van der Waals surface area contributed by atoms with Crippen molar-refractivity contribution >= 4 is 28.9 Å². The molecular formula is C21H22N4O2. The van der Waals surface area contributed by atoms with Gasteiger partial charge in [-0.2, -0.15) is 0 Å². The van der Waals surface area contributed by atoms with E-state index in [2.05, 4.69) is 15.3 Å². The van der Waals surface area contributed by atoms with Crippen LogP contribution in [0.5, 0.6) is 0 Å². The van der Waals surface area contributed by atoms with E-state index in [0.717, 1.165) is 23.0 Å². The van der Waals surface area contributed by atoms with E-state index in [1.807, 2.05) is 72.5 Å². The molecule has 1 amide bonds. The van der Waals surface area contributed by atoms with E-state index in [9.17, 15) is 4.79 Å². The summed E-state index contributed by atoms with van der Waals surface area (Å²) < 4.78 is 5.03. The average molecular weight is 362 g/mol. The van der Waals surface area contributed by atoms with Gasteiger partial charge in [-0.1, -0.05) is 19.1 Å². The number of amides is 1. The molecule has 0 spiro atoms. The van der Waals surface area contributed by atoms with Crippen LogP contribution in [0.25, 0.3) is 0 Å². The van der Waals surface area contributed by atoms with Crippen LogP contribution in [-0.2, 0) is 9.53 Å². The smallest absolute Gasteiger partial charge is 0.229 e.